The monoisotopic (exact) mass is 494 g/mol. The molecule has 0 unspecified atom stereocenters. The molecule has 3 aromatic heterocycles. The number of nitrogens with two attached hydrogens (primary N) is 1. The fraction of sp³-hybridized carbons (Fsp3) is 0.333. The molecule has 4 aromatic rings. The molecule has 1 amide bonds. The highest BCUT2D eigenvalue weighted by atomic mass is 32.2. The summed E-state index contributed by atoms with van der Waals surface area (Å²) < 4.78 is 19.0. The van der Waals surface area contributed by atoms with Gasteiger partial charge >= 0.3 is 0 Å². The minimum absolute atomic E-state index is 0.0339. The number of furan rings is 1. The average molecular weight is 495 g/mol. The average Bonchev–Trinajstić information content (AvgIpc) is 3.54. The SMILES string of the molecule is Cc1ccc(-c2cc3c(cc2Sc2nc4c(N)ncnc4n2CCC(=O)NCC(C)C)OCO3)o1. The first-order valence-electron chi connectivity index (χ1n) is 11.3. The van der Waals surface area contributed by atoms with Crippen LogP contribution in [0.1, 0.15) is 26.0 Å². The lowest BCUT2D eigenvalue weighted by Crippen LogP contribution is -2.28. The Bertz CT molecular complexity index is 1400. The largest absolute Gasteiger partial charge is 0.461 e. The van der Waals surface area contributed by atoms with Crippen LogP contribution >= 0.6 is 11.8 Å². The third-order valence-corrected chi connectivity index (χ3v) is 6.53. The van der Waals surface area contributed by atoms with Crippen LogP contribution in [0.3, 0.4) is 0 Å². The number of ether oxygens (including phenoxy) is 2. The zero-order valence-corrected chi connectivity index (χ0v) is 20.5. The Hall–Kier alpha value is -3.73. The number of nitrogens with one attached hydrogen (secondary N) is 1. The molecule has 0 saturated heterocycles. The van der Waals surface area contributed by atoms with Crippen molar-refractivity contribution in [1.29, 1.82) is 0 Å². The number of carbonyl (C=O) groups excluding carboxylic acids is 1. The molecular weight excluding hydrogens is 468 g/mol. The van der Waals surface area contributed by atoms with Gasteiger partial charge in [0.15, 0.2) is 33.6 Å². The van der Waals surface area contributed by atoms with Crippen LogP contribution in [0.4, 0.5) is 5.82 Å². The van der Waals surface area contributed by atoms with E-state index in [4.69, 9.17) is 24.6 Å². The maximum Gasteiger partial charge on any atom is 0.231 e. The first kappa shape index (κ1) is 23.0. The Labute approximate surface area is 206 Å². The number of aromatic nitrogens is 4. The topological polar surface area (TPSA) is 130 Å². The highest BCUT2D eigenvalue weighted by Crippen LogP contribution is 2.45. The zero-order chi connectivity index (χ0) is 24.5. The van der Waals surface area contributed by atoms with E-state index in [2.05, 4.69) is 29.1 Å². The van der Waals surface area contributed by atoms with E-state index in [-0.39, 0.29) is 24.9 Å². The molecule has 11 heteroatoms. The van der Waals surface area contributed by atoms with E-state index in [0.29, 0.717) is 52.6 Å². The van der Waals surface area contributed by atoms with Crippen LogP contribution in [0, 0.1) is 12.8 Å². The third kappa shape index (κ3) is 4.76. The van der Waals surface area contributed by atoms with Crippen LogP contribution in [0.15, 0.2) is 45.1 Å². The minimum Gasteiger partial charge on any atom is -0.461 e. The number of nitrogen functional groups attached to an aromatic ring is 1. The molecule has 0 atom stereocenters. The maximum atomic E-state index is 12.4. The van der Waals surface area contributed by atoms with Gasteiger partial charge in [-0.1, -0.05) is 25.6 Å². The van der Waals surface area contributed by atoms with Gasteiger partial charge in [-0.15, -0.1) is 0 Å². The normalized spacial score (nSPS) is 12.6. The second kappa shape index (κ2) is 9.49. The molecule has 4 heterocycles. The zero-order valence-electron chi connectivity index (χ0n) is 19.7. The van der Waals surface area contributed by atoms with Gasteiger partial charge in [-0.2, -0.15) is 0 Å². The third-order valence-electron chi connectivity index (χ3n) is 5.48. The molecule has 5 rings (SSSR count). The maximum absolute atomic E-state index is 12.4. The summed E-state index contributed by atoms with van der Waals surface area (Å²) in [6.45, 7) is 7.19. The number of hydrogen-bond acceptors (Lipinski definition) is 9. The quantitative estimate of drug-likeness (QED) is 0.373. The Kier molecular flexibility index (Phi) is 6.25. The summed E-state index contributed by atoms with van der Waals surface area (Å²) in [4.78, 5) is 26.5. The summed E-state index contributed by atoms with van der Waals surface area (Å²) in [6, 6.07) is 7.65. The molecule has 1 aliphatic rings. The van der Waals surface area contributed by atoms with Crippen molar-refractivity contribution >= 4 is 34.7 Å². The Morgan fingerprint density at radius 1 is 1.23 bits per heavy atom. The second-order valence-corrected chi connectivity index (χ2v) is 9.65. The van der Waals surface area contributed by atoms with Crippen LogP contribution in [-0.2, 0) is 11.3 Å². The van der Waals surface area contributed by atoms with Gasteiger partial charge in [0.1, 0.15) is 17.8 Å². The standard InChI is InChI=1S/C24H26N6O4S/c1-13(2)10-26-20(31)6-7-30-23-21(22(25)27-11-28-23)29-24(30)35-19-9-18-17(32-12-33-18)8-15(19)16-5-4-14(3)34-16/h4-5,8-9,11,13H,6-7,10,12H2,1-3H3,(H,26,31)(H2,25,27,28). The van der Waals surface area contributed by atoms with Crippen LogP contribution < -0.4 is 20.5 Å². The van der Waals surface area contributed by atoms with E-state index in [1.54, 1.807) is 0 Å². The summed E-state index contributed by atoms with van der Waals surface area (Å²) in [5.74, 6) is 3.44. The first-order chi connectivity index (χ1) is 16.9. The first-order valence-corrected chi connectivity index (χ1v) is 12.1. The molecule has 10 nitrogen and oxygen atoms in total. The smallest absolute Gasteiger partial charge is 0.231 e. The number of anilines is 1. The van der Waals surface area contributed by atoms with Crippen molar-refractivity contribution < 1.29 is 18.7 Å². The van der Waals surface area contributed by atoms with Crippen molar-refractivity contribution in [3.8, 4) is 22.8 Å². The fourth-order valence-electron chi connectivity index (χ4n) is 3.71. The van der Waals surface area contributed by atoms with E-state index in [0.717, 1.165) is 16.2 Å². The lowest BCUT2D eigenvalue weighted by Gasteiger charge is -2.12. The second-order valence-electron chi connectivity index (χ2n) is 8.64. The number of nitrogens with zero attached hydrogens (tertiary/aromatic N) is 4. The highest BCUT2D eigenvalue weighted by molar-refractivity contribution is 7.99. The van der Waals surface area contributed by atoms with Crippen molar-refractivity contribution in [3.05, 3.63) is 36.4 Å². The molecule has 0 spiro atoms. The number of fused-ring (bicyclic) bond motifs is 2. The number of hydrogen-bond donors (Lipinski definition) is 2. The molecule has 35 heavy (non-hydrogen) atoms. The Balaban J connectivity index is 1.52. The van der Waals surface area contributed by atoms with Crippen LogP contribution in [0.5, 0.6) is 11.5 Å². The van der Waals surface area contributed by atoms with E-state index in [9.17, 15) is 4.79 Å². The molecule has 0 radical (unpaired) electrons. The van der Waals surface area contributed by atoms with Crippen LogP contribution in [0.2, 0.25) is 0 Å². The Morgan fingerprint density at radius 3 is 2.77 bits per heavy atom. The van der Waals surface area contributed by atoms with Gasteiger partial charge in [-0.25, -0.2) is 15.0 Å². The van der Waals surface area contributed by atoms with Crippen molar-refractivity contribution in [2.75, 3.05) is 19.1 Å². The molecule has 0 fully saturated rings. The van der Waals surface area contributed by atoms with Gasteiger partial charge in [-0.05, 0) is 37.1 Å². The molecule has 182 valence electrons. The molecule has 0 bridgehead atoms. The van der Waals surface area contributed by atoms with Crippen molar-refractivity contribution in [2.24, 2.45) is 5.92 Å². The van der Waals surface area contributed by atoms with E-state index in [1.807, 2.05) is 35.8 Å². The fourth-order valence-corrected chi connectivity index (χ4v) is 4.77. The molecule has 0 saturated carbocycles. The van der Waals surface area contributed by atoms with E-state index >= 15 is 0 Å². The van der Waals surface area contributed by atoms with Gasteiger partial charge in [0.2, 0.25) is 12.7 Å². The van der Waals surface area contributed by atoms with Crippen molar-refractivity contribution in [1.82, 2.24) is 24.8 Å². The van der Waals surface area contributed by atoms with E-state index in [1.165, 1.54) is 18.1 Å². The Morgan fingerprint density at radius 2 is 2.03 bits per heavy atom. The summed E-state index contributed by atoms with van der Waals surface area (Å²) in [7, 11) is 0. The summed E-state index contributed by atoms with van der Waals surface area (Å²) in [6.07, 6.45) is 1.68. The number of amides is 1. The van der Waals surface area contributed by atoms with Gasteiger partial charge in [0, 0.05) is 30.0 Å². The van der Waals surface area contributed by atoms with Crippen LogP contribution in [0.25, 0.3) is 22.5 Å². The lowest BCUT2D eigenvalue weighted by molar-refractivity contribution is -0.121. The van der Waals surface area contributed by atoms with Gasteiger partial charge in [-0.3, -0.25) is 4.79 Å². The molecule has 1 aromatic carbocycles. The number of carbonyl (C=O) groups is 1. The van der Waals surface area contributed by atoms with Gasteiger partial charge in [0.25, 0.3) is 0 Å². The summed E-state index contributed by atoms with van der Waals surface area (Å²) in [5.41, 5.74) is 8.02. The lowest BCUT2D eigenvalue weighted by atomic mass is 10.1. The number of aryl methyl sites for hydroxylation is 2. The summed E-state index contributed by atoms with van der Waals surface area (Å²) in [5, 5.41) is 3.59. The number of rotatable bonds is 8. The molecular formula is C24H26N6O4S. The number of benzene rings is 1. The van der Waals surface area contributed by atoms with Crippen LogP contribution in [-0.4, -0.2) is 38.8 Å². The van der Waals surface area contributed by atoms with Gasteiger partial charge in [0.05, 0.1) is 0 Å². The highest BCUT2D eigenvalue weighted by Gasteiger charge is 2.23. The summed E-state index contributed by atoms with van der Waals surface area (Å²) >= 11 is 1.42. The predicted molar refractivity (Wildman–Crippen MR) is 131 cm³/mol. The van der Waals surface area contributed by atoms with Gasteiger partial charge < -0.3 is 29.5 Å². The minimum atomic E-state index is -0.0339. The number of imidazole rings is 1. The predicted octanol–water partition coefficient (Wildman–Crippen LogP) is 4.02. The van der Waals surface area contributed by atoms with Crippen molar-refractivity contribution in [2.45, 2.75) is 43.8 Å². The van der Waals surface area contributed by atoms with E-state index < -0.39 is 0 Å². The molecule has 0 aliphatic carbocycles. The molecule has 1 aliphatic heterocycles. The molecule has 3 N–H and O–H groups in total. The van der Waals surface area contributed by atoms with Crippen molar-refractivity contribution in [3.63, 3.8) is 0 Å².